The van der Waals surface area contributed by atoms with Crippen LogP contribution in [0, 0.1) is 0 Å². The molecule has 30 heavy (non-hydrogen) atoms. The molecule has 1 N–H and O–H groups in total. The van der Waals surface area contributed by atoms with Crippen molar-refractivity contribution in [3.05, 3.63) is 53.6 Å². The summed E-state index contributed by atoms with van der Waals surface area (Å²) in [4.78, 5) is 12.7. The second-order valence-corrected chi connectivity index (χ2v) is 8.82. The van der Waals surface area contributed by atoms with Crippen LogP contribution < -0.4 is 14.4 Å². The van der Waals surface area contributed by atoms with Gasteiger partial charge in [0.15, 0.2) is 0 Å². The second kappa shape index (κ2) is 8.55. The molecular weight excluding hydrogens is 421 g/mol. The van der Waals surface area contributed by atoms with E-state index in [0.717, 1.165) is 12.1 Å². The van der Waals surface area contributed by atoms with Gasteiger partial charge in [0.25, 0.3) is 5.91 Å². The highest BCUT2D eigenvalue weighted by molar-refractivity contribution is 7.93. The Morgan fingerprint density at radius 3 is 2.60 bits per heavy atom. The summed E-state index contributed by atoms with van der Waals surface area (Å²) in [6.07, 6.45) is -3.45. The molecule has 0 saturated carbocycles. The smallest absolute Gasteiger partial charge is 0.416 e. The van der Waals surface area contributed by atoms with E-state index in [0.29, 0.717) is 25.1 Å². The summed E-state index contributed by atoms with van der Waals surface area (Å²) in [5.41, 5.74) is -0.568. The van der Waals surface area contributed by atoms with Crippen LogP contribution in [0.1, 0.15) is 35.7 Å². The number of hydrogen-bond acceptors (Lipinski definition) is 4. The lowest BCUT2D eigenvalue weighted by molar-refractivity contribution is -0.137. The largest absolute Gasteiger partial charge is 0.491 e. The molecule has 0 unspecified atom stereocenters. The van der Waals surface area contributed by atoms with Crippen molar-refractivity contribution in [1.82, 2.24) is 0 Å². The minimum Gasteiger partial charge on any atom is -0.491 e. The van der Waals surface area contributed by atoms with Crippen molar-refractivity contribution in [2.24, 2.45) is 0 Å². The zero-order valence-corrected chi connectivity index (χ0v) is 17.0. The number of nitrogens with one attached hydrogen (secondary N) is 1. The number of carbonyl (C=O) groups is 1. The van der Waals surface area contributed by atoms with E-state index >= 15 is 0 Å². The fourth-order valence-corrected chi connectivity index (χ4v) is 4.62. The molecule has 3 rings (SSSR count). The second-order valence-electron chi connectivity index (χ2n) is 6.80. The van der Waals surface area contributed by atoms with Crippen molar-refractivity contribution in [1.29, 1.82) is 0 Å². The maximum atomic E-state index is 13.1. The lowest BCUT2D eigenvalue weighted by Crippen LogP contribution is -2.25. The molecule has 0 aromatic heterocycles. The van der Waals surface area contributed by atoms with Gasteiger partial charge in [-0.1, -0.05) is 13.0 Å². The van der Waals surface area contributed by atoms with Gasteiger partial charge in [0.1, 0.15) is 5.75 Å². The molecule has 1 amide bonds. The minimum absolute atomic E-state index is 0.0335. The van der Waals surface area contributed by atoms with Crippen LogP contribution in [0.4, 0.5) is 24.5 Å². The predicted octanol–water partition coefficient (Wildman–Crippen LogP) is 4.29. The first-order valence-corrected chi connectivity index (χ1v) is 11.0. The average Bonchev–Trinajstić information content (AvgIpc) is 3.05. The van der Waals surface area contributed by atoms with Gasteiger partial charge in [-0.15, -0.1) is 0 Å². The lowest BCUT2D eigenvalue weighted by Gasteiger charge is -2.18. The number of benzene rings is 2. The Morgan fingerprint density at radius 1 is 1.20 bits per heavy atom. The van der Waals surface area contributed by atoms with Crippen LogP contribution in [0.5, 0.6) is 5.75 Å². The van der Waals surface area contributed by atoms with Crippen LogP contribution in [0.3, 0.4) is 0 Å². The maximum Gasteiger partial charge on any atom is 0.416 e. The summed E-state index contributed by atoms with van der Waals surface area (Å²) < 4.78 is 70.2. The normalized spacial score (nSPS) is 15.8. The SMILES string of the molecule is CCCOc1ccc(C(F)(F)F)cc1NC(=O)c1cccc(N2CCCS2(=O)=O)c1. The van der Waals surface area contributed by atoms with E-state index in [4.69, 9.17) is 4.74 Å². The molecule has 1 aliphatic rings. The molecule has 162 valence electrons. The van der Waals surface area contributed by atoms with E-state index in [2.05, 4.69) is 5.32 Å². The third kappa shape index (κ3) is 4.86. The topological polar surface area (TPSA) is 75.7 Å². The van der Waals surface area contributed by atoms with Gasteiger partial charge in [-0.2, -0.15) is 13.2 Å². The summed E-state index contributed by atoms with van der Waals surface area (Å²) in [7, 11) is -3.42. The van der Waals surface area contributed by atoms with Crippen molar-refractivity contribution in [2.45, 2.75) is 25.9 Å². The predicted molar refractivity (Wildman–Crippen MR) is 107 cm³/mol. The minimum atomic E-state index is -4.58. The Balaban J connectivity index is 1.89. The van der Waals surface area contributed by atoms with Gasteiger partial charge in [-0.25, -0.2) is 8.42 Å². The monoisotopic (exact) mass is 442 g/mol. The van der Waals surface area contributed by atoms with Gasteiger partial charge in [-0.05, 0) is 49.2 Å². The van der Waals surface area contributed by atoms with Crippen molar-refractivity contribution in [3.63, 3.8) is 0 Å². The van der Waals surface area contributed by atoms with Gasteiger partial charge < -0.3 is 10.1 Å². The molecule has 1 aliphatic heterocycles. The van der Waals surface area contributed by atoms with Crippen molar-refractivity contribution in [3.8, 4) is 5.75 Å². The number of anilines is 2. The highest BCUT2D eigenvalue weighted by atomic mass is 32.2. The maximum absolute atomic E-state index is 13.1. The summed E-state index contributed by atoms with van der Waals surface area (Å²) in [6, 6.07) is 8.83. The Labute approximate surface area is 172 Å². The quantitative estimate of drug-likeness (QED) is 0.724. The van der Waals surface area contributed by atoms with Crippen molar-refractivity contribution in [2.75, 3.05) is 28.5 Å². The number of rotatable bonds is 6. The molecule has 2 aromatic rings. The van der Waals surface area contributed by atoms with E-state index in [1.54, 1.807) is 6.07 Å². The highest BCUT2D eigenvalue weighted by Crippen LogP contribution is 2.35. The number of halogens is 3. The molecule has 0 spiro atoms. The zero-order chi connectivity index (χ0) is 21.9. The summed E-state index contributed by atoms with van der Waals surface area (Å²) in [5.74, 6) is -0.517. The first-order chi connectivity index (χ1) is 14.1. The molecule has 0 radical (unpaired) electrons. The van der Waals surface area contributed by atoms with Gasteiger partial charge in [0, 0.05) is 12.1 Å². The number of carbonyl (C=O) groups excluding carboxylic acids is 1. The van der Waals surface area contributed by atoms with Crippen molar-refractivity contribution >= 4 is 27.3 Å². The first-order valence-electron chi connectivity index (χ1n) is 9.37. The number of hydrogen-bond donors (Lipinski definition) is 1. The van der Waals surface area contributed by atoms with Gasteiger partial charge in [0.2, 0.25) is 10.0 Å². The number of sulfonamides is 1. The zero-order valence-electron chi connectivity index (χ0n) is 16.2. The number of nitrogens with zero attached hydrogens (tertiary/aromatic N) is 1. The molecule has 0 atom stereocenters. The van der Waals surface area contributed by atoms with E-state index in [-0.39, 0.29) is 29.4 Å². The summed E-state index contributed by atoms with van der Waals surface area (Å²) in [5, 5.41) is 2.45. The Hall–Kier alpha value is -2.75. The van der Waals surface area contributed by atoms with Crippen LogP contribution in [-0.2, 0) is 16.2 Å². The summed E-state index contributed by atoms with van der Waals surface area (Å²) >= 11 is 0. The Kier molecular flexibility index (Phi) is 6.25. The fourth-order valence-electron chi connectivity index (χ4n) is 3.07. The van der Waals surface area contributed by atoms with Gasteiger partial charge >= 0.3 is 6.18 Å². The van der Waals surface area contributed by atoms with E-state index in [1.807, 2.05) is 6.92 Å². The third-order valence-electron chi connectivity index (χ3n) is 4.51. The lowest BCUT2D eigenvalue weighted by atomic mass is 10.1. The van der Waals surface area contributed by atoms with Crippen LogP contribution >= 0.6 is 0 Å². The van der Waals surface area contributed by atoms with E-state index in [9.17, 15) is 26.4 Å². The fraction of sp³-hybridized carbons (Fsp3) is 0.350. The number of alkyl halides is 3. The van der Waals surface area contributed by atoms with E-state index < -0.39 is 27.7 Å². The van der Waals surface area contributed by atoms with Gasteiger partial charge in [0.05, 0.1) is 29.3 Å². The number of amides is 1. The molecule has 1 saturated heterocycles. The first kappa shape index (κ1) is 21.9. The number of ether oxygens (including phenoxy) is 1. The van der Waals surface area contributed by atoms with Crippen LogP contribution in [0.25, 0.3) is 0 Å². The van der Waals surface area contributed by atoms with Gasteiger partial charge in [-0.3, -0.25) is 9.10 Å². The molecule has 1 heterocycles. The molecule has 0 aliphatic carbocycles. The molecule has 6 nitrogen and oxygen atoms in total. The third-order valence-corrected chi connectivity index (χ3v) is 6.38. The standard InChI is InChI=1S/C20H21F3N2O4S/c1-2-10-29-18-8-7-15(20(21,22)23)13-17(18)24-19(26)14-5-3-6-16(12-14)25-9-4-11-30(25,27)28/h3,5-8,12-13H,2,4,9-11H2,1H3,(H,24,26). The summed E-state index contributed by atoms with van der Waals surface area (Å²) in [6.45, 7) is 2.44. The molecule has 1 fully saturated rings. The average molecular weight is 442 g/mol. The van der Waals surface area contributed by atoms with E-state index in [1.165, 1.54) is 28.6 Å². The highest BCUT2D eigenvalue weighted by Gasteiger charge is 2.32. The Morgan fingerprint density at radius 2 is 1.97 bits per heavy atom. The van der Waals surface area contributed by atoms with Crippen LogP contribution in [-0.4, -0.2) is 33.2 Å². The molecule has 0 bridgehead atoms. The molecule has 10 heteroatoms. The Bertz CT molecular complexity index is 1040. The van der Waals surface area contributed by atoms with Crippen LogP contribution in [0.15, 0.2) is 42.5 Å². The molecular formula is C20H21F3N2O4S. The molecule has 2 aromatic carbocycles. The van der Waals surface area contributed by atoms with Crippen LogP contribution in [0.2, 0.25) is 0 Å². The van der Waals surface area contributed by atoms with Crippen molar-refractivity contribution < 1.29 is 31.1 Å².